The van der Waals surface area contributed by atoms with Crippen LogP contribution in [0.3, 0.4) is 0 Å². The third-order valence-corrected chi connectivity index (χ3v) is 7.39. The first kappa shape index (κ1) is 25.5. The number of hydrogen-bond acceptors (Lipinski definition) is 4. The van der Waals surface area contributed by atoms with E-state index in [0.29, 0.717) is 12.1 Å². The minimum Gasteiger partial charge on any atom is -0.497 e. The van der Waals surface area contributed by atoms with Gasteiger partial charge in [0.25, 0.3) is 5.91 Å². The van der Waals surface area contributed by atoms with E-state index in [1.54, 1.807) is 12.0 Å². The molecule has 2 N–H and O–H groups in total. The summed E-state index contributed by atoms with van der Waals surface area (Å²) >= 11 is 0. The number of likely N-dealkylation sites (N-methyl/N-ethyl adjacent to an activating group) is 1. The second-order valence-electron chi connectivity index (χ2n) is 9.49. The fraction of sp³-hybridized carbons (Fsp3) is 0.290. The van der Waals surface area contributed by atoms with Gasteiger partial charge in [-0.05, 0) is 42.9 Å². The average molecular weight is 511 g/mol. The predicted molar refractivity (Wildman–Crippen MR) is 150 cm³/mol. The third kappa shape index (κ3) is 4.77. The van der Waals surface area contributed by atoms with Gasteiger partial charge in [-0.1, -0.05) is 62.4 Å². The van der Waals surface area contributed by atoms with Gasteiger partial charge in [0.2, 0.25) is 5.91 Å². The number of rotatable bonds is 10. The molecule has 1 aliphatic heterocycles. The largest absolute Gasteiger partial charge is 0.497 e. The summed E-state index contributed by atoms with van der Waals surface area (Å²) in [6.45, 7) is 7.38. The molecule has 5 rings (SSSR count). The van der Waals surface area contributed by atoms with Crippen molar-refractivity contribution in [2.45, 2.75) is 19.9 Å². The number of aromatic nitrogens is 1. The van der Waals surface area contributed by atoms with Gasteiger partial charge in [0, 0.05) is 40.7 Å². The number of ether oxygens (including phenoxy) is 1. The summed E-state index contributed by atoms with van der Waals surface area (Å²) in [6.07, 6.45) is 0. The Labute approximate surface area is 223 Å². The van der Waals surface area contributed by atoms with Gasteiger partial charge in [-0.2, -0.15) is 0 Å². The number of carbonyl (C=O) groups excluding carboxylic acids is 2. The third-order valence-electron chi connectivity index (χ3n) is 7.39. The topological polar surface area (TPSA) is 77.7 Å². The Morgan fingerprint density at radius 2 is 1.79 bits per heavy atom. The highest BCUT2D eigenvalue weighted by molar-refractivity contribution is 6.03. The Hall–Kier alpha value is -4.10. The van der Waals surface area contributed by atoms with Gasteiger partial charge in [0.15, 0.2) is 0 Å². The van der Waals surface area contributed by atoms with Crippen molar-refractivity contribution in [3.63, 3.8) is 0 Å². The molecule has 3 aromatic carbocycles. The summed E-state index contributed by atoms with van der Waals surface area (Å²) < 4.78 is 5.50. The van der Waals surface area contributed by atoms with Gasteiger partial charge in [-0.15, -0.1) is 0 Å². The number of aromatic amines is 1. The molecule has 0 saturated heterocycles. The van der Waals surface area contributed by atoms with E-state index in [1.165, 1.54) is 0 Å². The van der Waals surface area contributed by atoms with E-state index >= 15 is 0 Å². The molecule has 7 nitrogen and oxygen atoms in total. The van der Waals surface area contributed by atoms with Gasteiger partial charge in [-0.3, -0.25) is 9.59 Å². The molecule has 2 amide bonds. The van der Waals surface area contributed by atoms with Crippen molar-refractivity contribution in [3.8, 4) is 17.0 Å². The van der Waals surface area contributed by atoms with Crippen LogP contribution in [0, 0.1) is 0 Å². The van der Waals surface area contributed by atoms with Crippen LogP contribution < -0.4 is 10.1 Å². The van der Waals surface area contributed by atoms with Crippen molar-refractivity contribution >= 4 is 22.7 Å². The highest BCUT2D eigenvalue weighted by Gasteiger charge is 2.41. The van der Waals surface area contributed by atoms with Gasteiger partial charge >= 0.3 is 0 Å². The molecule has 1 aliphatic rings. The summed E-state index contributed by atoms with van der Waals surface area (Å²) in [6, 6.07) is 23.2. The molecule has 0 aliphatic carbocycles. The molecule has 1 aromatic heterocycles. The van der Waals surface area contributed by atoms with Crippen molar-refractivity contribution in [3.05, 3.63) is 89.5 Å². The molecule has 196 valence electrons. The molecule has 0 saturated carbocycles. The maximum atomic E-state index is 13.7. The van der Waals surface area contributed by atoms with Crippen LogP contribution in [0.4, 0.5) is 0 Å². The first-order valence-electron chi connectivity index (χ1n) is 13.2. The first-order chi connectivity index (χ1) is 18.5. The summed E-state index contributed by atoms with van der Waals surface area (Å²) in [4.78, 5) is 34.4. The van der Waals surface area contributed by atoms with Gasteiger partial charge in [-0.25, -0.2) is 0 Å². The maximum absolute atomic E-state index is 13.7. The van der Waals surface area contributed by atoms with E-state index in [0.717, 1.165) is 58.7 Å². The summed E-state index contributed by atoms with van der Waals surface area (Å²) in [5.74, 6) is 0.455. The van der Waals surface area contributed by atoms with Gasteiger partial charge in [0.1, 0.15) is 12.3 Å². The first-order valence-corrected chi connectivity index (χ1v) is 13.2. The van der Waals surface area contributed by atoms with Crippen molar-refractivity contribution in [2.75, 3.05) is 39.8 Å². The van der Waals surface area contributed by atoms with Crippen LogP contribution in [0.1, 0.15) is 41.4 Å². The second kappa shape index (κ2) is 11.1. The Kier molecular flexibility index (Phi) is 7.47. The van der Waals surface area contributed by atoms with Gasteiger partial charge < -0.3 is 24.8 Å². The Morgan fingerprint density at radius 3 is 2.58 bits per heavy atom. The minimum absolute atomic E-state index is 0.0203. The maximum Gasteiger partial charge on any atom is 0.255 e. The lowest BCUT2D eigenvalue weighted by atomic mass is 9.93. The van der Waals surface area contributed by atoms with Crippen LogP contribution in [0.5, 0.6) is 5.75 Å². The number of benzene rings is 3. The number of nitrogens with one attached hydrogen (secondary N) is 2. The van der Waals surface area contributed by atoms with Crippen molar-refractivity contribution in [1.29, 1.82) is 0 Å². The fourth-order valence-electron chi connectivity index (χ4n) is 5.40. The molecule has 0 fully saturated rings. The normalized spacial score (nSPS) is 14.8. The number of amides is 2. The summed E-state index contributed by atoms with van der Waals surface area (Å²) in [5.41, 5.74) is 5.35. The van der Waals surface area contributed by atoms with E-state index in [2.05, 4.69) is 35.1 Å². The van der Waals surface area contributed by atoms with Crippen LogP contribution in [-0.4, -0.2) is 66.4 Å². The number of carbonyl (C=O) groups is 2. The monoisotopic (exact) mass is 510 g/mol. The molecule has 38 heavy (non-hydrogen) atoms. The second-order valence-corrected chi connectivity index (χ2v) is 9.49. The number of fused-ring (bicyclic) bond motifs is 2. The standard InChI is InChI=1S/C31H34N4O3/c1-4-34(5-2)18-17-32-27(36)20-35-30(23-13-6-7-14-24(23)31(35)37)28-25-15-8-9-16-26(25)33-29(28)21-11-10-12-22(19-21)38-3/h6-16,19,30,33H,4-5,17-18,20H2,1-3H3,(H,32,36). The number of H-pyrrole nitrogens is 1. The highest BCUT2D eigenvalue weighted by atomic mass is 16.5. The van der Waals surface area contributed by atoms with Gasteiger partial charge in [0.05, 0.1) is 18.8 Å². The Balaban J connectivity index is 1.57. The molecular weight excluding hydrogens is 476 g/mol. The van der Waals surface area contributed by atoms with E-state index < -0.39 is 6.04 Å². The van der Waals surface area contributed by atoms with E-state index in [1.807, 2.05) is 66.7 Å². The molecule has 7 heteroatoms. The lowest BCUT2D eigenvalue weighted by Crippen LogP contribution is -2.42. The van der Waals surface area contributed by atoms with Crippen LogP contribution in [0.2, 0.25) is 0 Å². The van der Waals surface area contributed by atoms with Crippen LogP contribution in [0.25, 0.3) is 22.2 Å². The number of methoxy groups -OCH3 is 1. The zero-order chi connectivity index (χ0) is 26.6. The summed E-state index contributed by atoms with van der Waals surface area (Å²) in [5, 5.41) is 4.04. The fourth-order valence-corrected chi connectivity index (χ4v) is 5.40. The van der Waals surface area contributed by atoms with Crippen LogP contribution in [0.15, 0.2) is 72.8 Å². The smallest absolute Gasteiger partial charge is 0.255 e. The van der Waals surface area contributed by atoms with E-state index in [-0.39, 0.29) is 18.4 Å². The molecule has 2 heterocycles. The molecule has 4 aromatic rings. The Morgan fingerprint density at radius 1 is 1.03 bits per heavy atom. The van der Waals surface area contributed by atoms with E-state index in [4.69, 9.17) is 4.74 Å². The number of para-hydroxylation sites is 1. The van der Waals surface area contributed by atoms with Crippen LogP contribution >= 0.6 is 0 Å². The zero-order valence-corrected chi connectivity index (χ0v) is 22.2. The molecule has 1 unspecified atom stereocenters. The molecule has 0 bridgehead atoms. The summed E-state index contributed by atoms with van der Waals surface area (Å²) in [7, 11) is 1.65. The molecular formula is C31H34N4O3. The predicted octanol–water partition coefficient (Wildman–Crippen LogP) is 4.85. The number of nitrogens with zero attached hydrogens (tertiary/aromatic N) is 2. The van der Waals surface area contributed by atoms with E-state index in [9.17, 15) is 9.59 Å². The average Bonchev–Trinajstić information content (AvgIpc) is 3.46. The Bertz CT molecular complexity index is 1460. The minimum atomic E-state index is -0.412. The highest BCUT2D eigenvalue weighted by Crippen LogP contribution is 2.45. The lowest BCUT2D eigenvalue weighted by Gasteiger charge is -2.26. The van der Waals surface area contributed by atoms with Crippen LogP contribution in [-0.2, 0) is 4.79 Å². The SMILES string of the molecule is CCN(CC)CCNC(=O)CN1C(=O)c2ccccc2C1c1c(-c2cccc(OC)c2)[nH]c2ccccc12. The quantitative estimate of drug-likeness (QED) is 0.320. The molecule has 0 spiro atoms. The lowest BCUT2D eigenvalue weighted by molar-refractivity contribution is -0.122. The number of hydrogen-bond donors (Lipinski definition) is 2. The van der Waals surface area contributed by atoms with Crippen molar-refractivity contribution in [1.82, 2.24) is 20.1 Å². The molecule has 0 radical (unpaired) electrons. The molecule has 1 atom stereocenters. The zero-order valence-electron chi connectivity index (χ0n) is 22.2. The van der Waals surface area contributed by atoms with Crippen molar-refractivity contribution in [2.24, 2.45) is 0 Å². The van der Waals surface area contributed by atoms with Crippen molar-refractivity contribution < 1.29 is 14.3 Å².